The molecule has 0 aliphatic carbocycles. The topological polar surface area (TPSA) is 102 Å². The lowest BCUT2D eigenvalue weighted by Gasteiger charge is -2.34. The molecule has 0 saturated carbocycles. The average Bonchev–Trinajstić information content (AvgIpc) is 2.65. The number of carbonyl (C=O) groups is 1. The number of nitro benzene ring substituents is 1. The van der Waals surface area contributed by atoms with Crippen LogP contribution in [0.4, 0.5) is 27.1 Å². The molecule has 0 bridgehead atoms. The summed E-state index contributed by atoms with van der Waals surface area (Å²) in [5.74, 6) is -1.22. The molecule has 3 rings (SSSR count). The van der Waals surface area contributed by atoms with Crippen LogP contribution in [0.3, 0.4) is 0 Å². The summed E-state index contributed by atoms with van der Waals surface area (Å²) >= 11 is 3.18. The summed E-state index contributed by atoms with van der Waals surface area (Å²) in [6.45, 7) is 0.827. The van der Waals surface area contributed by atoms with Gasteiger partial charge in [0, 0.05) is 18.8 Å². The van der Waals surface area contributed by atoms with Gasteiger partial charge in [0.15, 0.2) is 5.82 Å². The first-order chi connectivity index (χ1) is 12.9. The molecule has 2 aromatic carbocycles. The second-order valence-electron chi connectivity index (χ2n) is 6.35. The highest BCUT2D eigenvalue weighted by Gasteiger charge is 2.31. The smallest absolute Gasteiger partial charge is 0.296 e. The molecule has 27 heavy (non-hydrogen) atoms. The number of hydrogen-bond acceptors (Lipinski definition) is 5. The summed E-state index contributed by atoms with van der Waals surface area (Å²) in [6.07, 6.45) is 1.37. The Morgan fingerprint density at radius 2 is 2.07 bits per heavy atom. The van der Waals surface area contributed by atoms with Crippen molar-refractivity contribution in [1.82, 2.24) is 0 Å². The van der Waals surface area contributed by atoms with Gasteiger partial charge < -0.3 is 16.0 Å². The normalized spacial score (nSPS) is 16.8. The van der Waals surface area contributed by atoms with Crippen molar-refractivity contribution in [1.29, 1.82) is 0 Å². The zero-order valence-electron chi connectivity index (χ0n) is 14.3. The van der Waals surface area contributed by atoms with Gasteiger partial charge in [-0.2, -0.15) is 0 Å². The monoisotopic (exact) mass is 436 g/mol. The second kappa shape index (κ2) is 7.91. The fourth-order valence-corrected chi connectivity index (χ4v) is 3.86. The van der Waals surface area contributed by atoms with Gasteiger partial charge in [0.05, 0.1) is 27.1 Å². The number of halogens is 2. The summed E-state index contributed by atoms with van der Waals surface area (Å²) in [7, 11) is 0. The summed E-state index contributed by atoms with van der Waals surface area (Å²) < 4.78 is 14.7. The van der Waals surface area contributed by atoms with Crippen LogP contribution in [-0.2, 0) is 4.79 Å². The minimum atomic E-state index is -0.744. The molecule has 1 aliphatic heterocycles. The van der Waals surface area contributed by atoms with Gasteiger partial charge in [-0.1, -0.05) is 18.2 Å². The van der Waals surface area contributed by atoms with E-state index in [1.165, 1.54) is 0 Å². The number of rotatable bonds is 4. The van der Waals surface area contributed by atoms with Crippen molar-refractivity contribution in [3.05, 3.63) is 56.8 Å². The standard InChI is InChI=1S/C18H18BrFN4O3/c19-15-16(21)14(24(26)27)9-13(20)17(15)23-8-4-5-11(10-23)18(25)22-12-6-2-1-3-7-12/h1-3,6-7,9,11H,4-5,8,10,21H2,(H,22,25)/t11-/m1/s1. The van der Waals surface area contributed by atoms with Gasteiger partial charge in [0.1, 0.15) is 5.69 Å². The van der Waals surface area contributed by atoms with Crippen molar-refractivity contribution >= 4 is 44.6 Å². The number of para-hydroxylation sites is 1. The number of amides is 1. The number of benzene rings is 2. The van der Waals surface area contributed by atoms with Gasteiger partial charge >= 0.3 is 0 Å². The minimum Gasteiger partial charge on any atom is -0.392 e. The number of nitrogen functional groups attached to an aromatic ring is 1. The zero-order chi connectivity index (χ0) is 19.6. The molecular formula is C18H18BrFN4O3. The number of nitrogens with two attached hydrogens (primary N) is 1. The van der Waals surface area contributed by atoms with Crippen LogP contribution in [0.1, 0.15) is 12.8 Å². The van der Waals surface area contributed by atoms with Crippen LogP contribution in [0.15, 0.2) is 40.9 Å². The second-order valence-corrected chi connectivity index (χ2v) is 7.14. The van der Waals surface area contributed by atoms with Crippen molar-refractivity contribution in [2.45, 2.75) is 12.8 Å². The summed E-state index contributed by atoms with van der Waals surface area (Å²) in [5.41, 5.74) is 6.02. The minimum absolute atomic E-state index is 0.132. The molecule has 0 radical (unpaired) electrons. The lowest BCUT2D eigenvalue weighted by Crippen LogP contribution is -2.41. The molecule has 1 atom stereocenters. The maximum absolute atomic E-state index is 14.6. The van der Waals surface area contributed by atoms with Gasteiger partial charge in [0.2, 0.25) is 5.91 Å². The number of anilines is 3. The molecule has 7 nitrogen and oxygen atoms in total. The first-order valence-electron chi connectivity index (χ1n) is 8.41. The van der Waals surface area contributed by atoms with E-state index in [-0.39, 0.29) is 27.7 Å². The Balaban J connectivity index is 1.81. The Labute approximate surface area is 163 Å². The maximum Gasteiger partial charge on any atom is 0.296 e. The average molecular weight is 437 g/mol. The van der Waals surface area contributed by atoms with Crippen LogP contribution in [0, 0.1) is 21.8 Å². The number of hydrogen-bond donors (Lipinski definition) is 2. The van der Waals surface area contributed by atoms with Crippen LogP contribution in [0.2, 0.25) is 0 Å². The molecule has 3 N–H and O–H groups in total. The predicted octanol–water partition coefficient (Wildman–Crippen LogP) is 3.93. The van der Waals surface area contributed by atoms with Gasteiger partial charge in [0.25, 0.3) is 5.69 Å². The van der Waals surface area contributed by atoms with Crippen molar-refractivity contribution in [2.24, 2.45) is 5.92 Å². The predicted molar refractivity (Wildman–Crippen MR) is 105 cm³/mol. The van der Waals surface area contributed by atoms with Crippen molar-refractivity contribution in [2.75, 3.05) is 29.0 Å². The molecule has 0 unspecified atom stereocenters. The van der Waals surface area contributed by atoms with Crippen LogP contribution < -0.4 is 16.0 Å². The fourth-order valence-electron chi connectivity index (χ4n) is 3.21. The SMILES string of the molecule is Nc1c([N+](=O)[O-])cc(F)c(N2CCC[C@@H](C(=O)Nc3ccccc3)C2)c1Br. The highest BCUT2D eigenvalue weighted by molar-refractivity contribution is 9.10. The van der Waals surface area contributed by atoms with E-state index in [1.54, 1.807) is 17.0 Å². The van der Waals surface area contributed by atoms with E-state index < -0.39 is 16.4 Å². The quantitative estimate of drug-likeness (QED) is 0.429. The summed E-state index contributed by atoms with van der Waals surface area (Å²) in [4.78, 5) is 24.6. The molecule has 1 saturated heterocycles. The summed E-state index contributed by atoms with van der Waals surface area (Å²) in [6, 6.07) is 9.93. The molecule has 2 aromatic rings. The van der Waals surface area contributed by atoms with Crippen molar-refractivity contribution < 1.29 is 14.1 Å². The Morgan fingerprint density at radius 3 is 2.74 bits per heavy atom. The molecule has 0 aromatic heterocycles. The van der Waals surface area contributed by atoms with Gasteiger partial charge in [-0.25, -0.2) is 4.39 Å². The number of nitrogens with zero attached hydrogens (tertiary/aromatic N) is 2. The van der Waals surface area contributed by atoms with E-state index >= 15 is 0 Å². The Morgan fingerprint density at radius 1 is 1.37 bits per heavy atom. The van der Waals surface area contributed by atoms with Gasteiger partial charge in [-0.05, 0) is 40.9 Å². The Hall–Kier alpha value is -2.68. The lowest BCUT2D eigenvalue weighted by molar-refractivity contribution is -0.384. The molecular weight excluding hydrogens is 419 g/mol. The van der Waals surface area contributed by atoms with E-state index in [9.17, 15) is 19.3 Å². The van der Waals surface area contributed by atoms with E-state index in [1.807, 2.05) is 18.2 Å². The first-order valence-corrected chi connectivity index (χ1v) is 9.20. The van der Waals surface area contributed by atoms with Crippen LogP contribution in [-0.4, -0.2) is 23.9 Å². The fraction of sp³-hybridized carbons (Fsp3) is 0.278. The zero-order valence-corrected chi connectivity index (χ0v) is 15.9. The third kappa shape index (κ3) is 4.02. The molecule has 1 amide bonds. The molecule has 9 heteroatoms. The first kappa shape index (κ1) is 19.1. The third-order valence-electron chi connectivity index (χ3n) is 4.56. The molecule has 0 spiro atoms. The van der Waals surface area contributed by atoms with Gasteiger partial charge in [-0.3, -0.25) is 14.9 Å². The Kier molecular flexibility index (Phi) is 5.59. The molecule has 1 heterocycles. The number of carbonyl (C=O) groups excluding carboxylic acids is 1. The maximum atomic E-state index is 14.6. The lowest BCUT2D eigenvalue weighted by atomic mass is 9.96. The van der Waals surface area contributed by atoms with E-state index in [4.69, 9.17) is 5.73 Å². The van der Waals surface area contributed by atoms with Gasteiger partial charge in [-0.15, -0.1) is 0 Å². The van der Waals surface area contributed by atoms with Crippen LogP contribution >= 0.6 is 15.9 Å². The largest absolute Gasteiger partial charge is 0.392 e. The van der Waals surface area contributed by atoms with E-state index in [0.717, 1.165) is 6.07 Å². The highest BCUT2D eigenvalue weighted by Crippen LogP contribution is 2.41. The number of piperidine rings is 1. The molecule has 1 fully saturated rings. The Bertz CT molecular complexity index is 879. The van der Waals surface area contributed by atoms with E-state index in [2.05, 4.69) is 21.2 Å². The number of nitro groups is 1. The van der Waals surface area contributed by atoms with Crippen molar-refractivity contribution in [3.8, 4) is 0 Å². The highest BCUT2D eigenvalue weighted by atomic mass is 79.9. The molecule has 142 valence electrons. The summed E-state index contributed by atoms with van der Waals surface area (Å²) in [5, 5.41) is 13.9. The van der Waals surface area contributed by atoms with Crippen LogP contribution in [0.5, 0.6) is 0 Å². The van der Waals surface area contributed by atoms with Crippen LogP contribution in [0.25, 0.3) is 0 Å². The van der Waals surface area contributed by atoms with Crippen molar-refractivity contribution in [3.63, 3.8) is 0 Å². The number of nitrogens with one attached hydrogen (secondary N) is 1. The van der Waals surface area contributed by atoms with E-state index in [0.29, 0.717) is 31.6 Å². The molecule has 1 aliphatic rings. The third-order valence-corrected chi connectivity index (χ3v) is 5.36.